The zero-order valence-electron chi connectivity index (χ0n) is 10.3. The fraction of sp³-hybridized carbons (Fsp3) is 0.500. The van der Waals surface area contributed by atoms with Crippen molar-refractivity contribution in [2.45, 2.75) is 31.7 Å². The summed E-state index contributed by atoms with van der Waals surface area (Å²) in [5.74, 6) is -0.219. The van der Waals surface area contributed by atoms with E-state index in [9.17, 15) is 9.18 Å². The molecule has 1 aromatic carbocycles. The smallest absolute Gasteiger partial charge is 0.220 e. The number of rotatable bonds is 4. The summed E-state index contributed by atoms with van der Waals surface area (Å²) in [6.45, 7) is 1.43. The molecule has 1 aliphatic heterocycles. The number of hydrogen-bond acceptors (Lipinski definition) is 2. The van der Waals surface area contributed by atoms with Crippen molar-refractivity contribution in [3.05, 3.63) is 35.6 Å². The van der Waals surface area contributed by atoms with E-state index in [4.69, 9.17) is 4.74 Å². The minimum Gasteiger partial charge on any atom is -0.381 e. The predicted octanol–water partition coefficient (Wildman–Crippen LogP) is 2.05. The number of amides is 1. The van der Waals surface area contributed by atoms with Gasteiger partial charge in [0.15, 0.2) is 0 Å². The molecule has 1 N–H and O–H groups in total. The third kappa shape index (κ3) is 4.11. The van der Waals surface area contributed by atoms with Crippen LogP contribution in [0.4, 0.5) is 4.39 Å². The lowest BCUT2D eigenvalue weighted by Gasteiger charge is -2.23. The first kappa shape index (κ1) is 13.0. The van der Waals surface area contributed by atoms with Gasteiger partial charge in [-0.2, -0.15) is 0 Å². The van der Waals surface area contributed by atoms with E-state index in [0.29, 0.717) is 12.8 Å². The Bertz CT molecular complexity index is 403. The second-order valence-corrected chi connectivity index (χ2v) is 4.58. The lowest BCUT2D eigenvalue weighted by atomic mass is 10.1. The van der Waals surface area contributed by atoms with Crippen LogP contribution in [0.1, 0.15) is 24.8 Å². The average Bonchev–Trinajstić information content (AvgIpc) is 2.38. The van der Waals surface area contributed by atoms with Gasteiger partial charge >= 0.3 is 0 Å². The Labute approximate surface area is 106 Å². The maximum absolute atomic E-state index is 12.9. The fourth-order valence-electron chi connectivity index (χ4n) is 2.09. The molecule has 1 aromatic rings. The molecule has 1 heterocycles. The summed E-state index contributed by atoms with van der Waals surface area (Å²) in [5, 5.41) is 2.99. The molecule has 98 valence electrons. The molecule has 0 aromatic heterocycles. The molecule has 1 saturated heterocycles. The van der Waals surface area contributed by atoms with Crippen LogP contribution in [0.2, 0.25) is 0 Å². The molecule has 3 nitrogen and oxygen atoms in total. The summed E-state index contributed by atoms with van der Waals surface area (Å²) in [6, 6.07) is 6.62. The number of benzene rings is 1. The monoisotopic (exact) mass is 251 g/mol. The van der Waals surface area contributed by atoms with Crippen molar-refractivity contribution in [1.29, 1.82) is 0 Å². The van der Waals surface area contributed by atoms with Gasteiger partial charge in [-0.05, 0) is 37.0 Å². The maximum Gasteiger partial charge on any atom is 0.220 e. The van der Waals surface area contributed by atoms with Crippen LogP contribution >= 0.6 is 0 Å². The van der Waals surface area contributed by atoms with Gasteiger partial charge in [0.2, 0.25) is 5.91 Å². The Balaban J connectivity index is 1.74. The van der Waals surface area contributed by atoms with Crippen molar-refractivity contribution in [2.24, 2.45) is 0 Å². The first-order valence-corrected chi connectivity index (χ1v) is 6.35. The van der Waals surface area contributed by atoms with E-state index in [1.807, 2.05) is 6.07 Å². The Hall–Kier alpha value is -1.42. The van der Waals surface area contributed by atoms with Gasteiger partial charge in [-0.15, -0.1) is 0 Å². The highest BCUT2D eigenvalue weighted by Crippen LogP contribution is 2.08. The predicted molar refractivity (Wildman–Crippen MR) is 66.7 cm³/mol. The quantitative estimate of drug-likeness (QED) is 0.889. The minimum atomic E-state index is -0.252. The number of nitrogens with one attached hydrogen (secondary N) is 1. The number of halogens is 1. The first-order valence-electron chi connectivity index (χ1n) is 6.35. The molecule has 4 heteroatoms. The Morgan fingerprint density at radius 3 is 2.89 bits per heavy atom. The molecule has 0 saturated carbocycles. The third-order valence-electron chi connectivity index (χ3n) is 3.12. The second-order valence-electron chi connectivity index (χ2n) is 4.58. The molecule has 0 spiro atoms. The van der Waals surface area contributed by atoms with Crippen molar-refractivity contribution in [3.63, 3.8) is 0 Å². The third-order valence-corrected chi connectivity index (χ3v) is 3.12. The van der Waals surface area contributed by atoms with E-state index in [0.717, 1.165) is 31.6 Å². The molecule has 0 radical (unpaired) electrons. The van der Waals surface area contributed by atoms with Gasteiger partial charge in [0, 0.05) is 25.7 Å². The summed E-state index contributed by atoms with van der Waals surface area (Å²) in [7, 11) is 0. The lowest BCUT2D eigenvalue weighted by Crippen LogP contribution is -2.38. The highest BCUT2D eigenvalue weighted by molar-refractivity contribution is 5.76. The normalized spacial score (nSPS) is 16.5. The molecular formula is C14H18FNO2. The van der Waals surface area contributed by atoms with Gasteiger partial charge in [-0.25, -0.2) is 4.39 Å². The van der Waals surface area contributed by atoms with Crippen LogP contribution in [-0.2, 0) is 16.0 Å². The van der Waals surface area contributed by atoms with Crippen LogP contribution < -0.4 is 5.32 Å². The number of carbonyl (C=O) groups excluding carboxylic acids is 1. The average molecular weight is 251 g/mol. The van der Waals surface area contributed by atoms with Crippen molar-refractivity contribution < 1.29 is 13.9 Å². The summed E-state index contributed by atoms with van der Waals surface area (Å²) in [6.07, 6.45) is 2.74. The lowest BCUT2D eigenvalue weighted by molar-refractivity contribution is -0.122. The van der Waals surface area contributed by atoms with Crippen molar-refractivity contribution in [1.82, 2.24) is 5.32 Å². The minimum absolute atomic E-state index is 0.0335. The standard InChI is InChI=1S/C14H18FNO2/c15-12-3-1-2-11(10-12)4-5-14(17)16-13-6-8-18-9-7-13/h1-3,10,13H,4-9H2,(H,16,17). The van der Waals surface area contributed by atoms with Gasteiger partial charge in [-0.3, -0.25) is 4.79 Å². The van der Waals surface area contributed by atoms with E-state index < -0.39 is 0 Å². The van der Waals surface area contributed by atoms with E-state index in [1.54, 1.807) is 6.07 Å². The highest BCUT2D eigenvalue weighted by atomic mass is 19.1. The highest BCUT2D eigenvalue weighted by Gasteiger charge is 2.15. The van der Waals surface area contributed by atoms with Crippen LogP contribution in [0.25, 0.3) is 0 Å². The largest absolute Gasteiger partial charge is 0.381 e. The summed E-state index contributed by atoms with van der Waals surface area (Å²) >= 11 is 0. The van der Waals surface area contributed by atoms with Crippen molar-refractivity contribution in [3.8, 4) is 0 Å². The molecule has 2 rings (SSSR count). The second kappa shape index (κ2) is 6.50. The molecule has 18 heavy (non-hydrogen) atoms. The first-order chi connectivity index (χ1) is 8.74. The Kier molecular flexibility index (Phi) is 4.70. The summed E-state index contributed by atoms with van der Waals surface area (Å²) < 4.78 is 18.2. The SMILES string of the molecule is O=C(CCc1cccc(F)c1)NC1CCOCC1. The van der Waals surface area contributed by atoms with Gasteiger partial charge in [0.25, 0.3) is 0 Å². The molecule has 0 aliphatic carbocycles. The van der Waals surface area contributed by atoms with Gasteiger partial charge in [-0.1, -0.05) is 12.1 Å². The van der Waals surface area contributed by atoms with Gasteiger partial charge < -0.3 is 10.1 Å². The van der Waals surface area contributed by atoms with Crippen LogP contribution in [0.5, 0.6) is 0 Å². The Morgan fingerprint density at radius 2 is 2.17 bits per heavy atom. The van der Waals surface area contributed by atoms with Crippen molar-refractivity contribution in [2.75, 3.05) is 13.2 Å². The van der Waals surface area contributed by atoms with Gasteiger partial charge in [0.1, 0.15) is 5.82 Å². The summed E-state index contributed by atoms with van der Waals surface area (Å²) in [4.78, 5) is 11.7. The molecule has 0 atom stereocenters. The summed E-state index contributed by atoms with van der Waals surface area (Å²) in [5.41, 5.74) is 0.858. The van der Waals surface area contributed by atoms with Crippen LogP contribution in [0.15, 0.2) is 24.3 Å². The van der Waals surface area contributed by atoms with E-state index in [-0.39, 0.29) is 17.8 Å². The zero-order chi connectivity index (χ0) is 12.8. The number of ether oxygens (including phenoxy) is 1. The number of carbonyl (C=O) groups is 1. The van der Waals surface area contributed by atoms with Crippen LogP contribution in [-0.4, -0.2) is 25.2 Å². The van der Waals surface area contributed by atoms with E-state index >= 15 is 0 Å². The van der Waals surface area contributed by atoms with Gasteiger partial charge in [0.05, 0.1) is 0 Å². The van der Waals surface area contributed by atoms with Crippen molar-refractivity contribution >= 4 is 5.91 Å². The molecule has 0 bridgehead atoms. The molecule has 0 unspecified atom stereocenters. The zero-order valence-corrected chi connectivity index (χ0v) is 10.3. The van der Waals surface area contributed by atoms with E-state index in [1.165, 1.54) is 12.1 Å². The maximum atomic E-state index is 12.9. The molecule has 1 aliphatic rings. The van der Waals surface area contributed by atoms with Crippen LogP contribution in [0, 0.1) is 5.82 Å². The molecular weight excluding hydrogens is 233 g/mol. The van der Waals surface area contributed by atoms with Crippen LogP contribution in [0.3, 0.4) is 0 Å². The number of aryl methyl sites for hydroxylation is 1. The molecule has 1 amide bonds. The number of hydrogen-bond donors (Lipinski definition) is 1. The Morgan fingerprint density at radius 1 is 1.39 bits per heavy atom. The fourth-order valence-corrected chi connectivity index (χ4v) is 2.09. The molecule has 1 fully saturated rings. The topological polar surface area (TPSA) is 38.3 Å². The van der Waals surface area contributed by atoms with E-state index in [2.05, 4.69) is 5.32 Å².